The number of hydrogen-bond acceptors (Lipinski definition) is 3. The van der Waals surface area contributed by atoms with Gasteiger partial charge in [-0.3, -0.25) is 4.79 Å². The quantitative estimate of drug-likeness (QED) is 0.456. The van der Waals surface area contributed by atoms with Crippen LogP contribution in [-0.2, 0) is 27.9 Å². The highest BCUT2D eigenvalue weighted by Gasteiger charge is 2.36. The molecule has 0 atom stereocenters. The van der Waals surface area contributed by atoms with Gasteiger partial charge in [-0.05, 0) is 63.7 Å². The normalized spacial score (nSPS) is 20.1. The molecular formula is C22H37N4O2PS. The molecule has 168 valence electrons. The Hall–Kier alpha value is -1.01. The predicted molar refractivity (Wildman–Crippen MR) is 126 cm³/mol. The molecule has 30 heavy (non-hydrogen) atoms. The molecule has 0 saturated heterocycles. The molecule has 0 aromatic carbocycles. The number of rotatable bonds is 7. The largest absolute Gasteiger partial charge is 0.468 e. The Kier molecular flexibility index (Phi) is 8.70. The number of hydrogen-bond donors (Lipinski definition) is 0. The van der Waals surface area contributed by atoms with E-state index in [4.69, 9.17) is 21.3 Å². The lowest BCUT2D eigenvalue weighted by Crippen LogP contribution is -2.40. The molecule has 2 saturated carbocycles. The molecule has 6 nitrogen and oxygen atoms in total. The summed E-state index contributed by atoms with van der Waals surface area (Å²) < 4.78 is 16.8. The van der Waals surface area contributed by atoms with Gasteiger partial charge in [-0.1, -0.05) is 44.6 Å². The number of carbonyl (C=O) groups excluding carboxylic acids is 1. The van der Waals surface area contributed by atoms with E-state index < -0.39 is 6.49 Å². The highest BCUT2D eigenvalue weighted by atomic mass is 32.4. The third kappa shape index (κ3) is 5.61. The summed E-state index contributed by atoms with van der Waals surface area (Å²) in [5.74, 6) is -0.280. The van der Waals surface area contributed by atoms with Crippen molar-refractivity contribution in [2.45, 2.75) is 82.8 Å². The van der Waals surface area contributed by atoms with Gasteiger partial charge in [0.1, 0.15) is 12.0 Å². The average molecular weight is 453 g/mol. The lowest BCUT2D eigenvalue weighted by atomic mass is 9.96. The highest BCUT2D eigenvalue weighted by molar-refractivity contribution is 8.11. The van der Waals surface area contributed by atoms with Gasteiger partial charge in [-0.25, -0.2) is 14.1 Å². The fourth-order valence-corrected chi connectivity index (χ4v) is 8.27. The van der Waals surface area contributed by atoms with Crippen molar-refractivity contribution in [3.63, 3.8) is 0 Å². The number of esters is 1. The first kappa shape index (κ1) is 23.6. The Bertz CT molecular complexity index is 787. The second-order valence-corrected chi connectivity index (χ2v) is 12.6. The van der Waals surface area contributed by atoms with E-state index in [1.165, 1.54) is 71.3 Å². The van der Waals surface area contributed by atoms with E-state index >= 15 is 0 Å². The summed E-state index contributed by atoms with van der Waals surface area (Å²) in [4.78, 5) is 11.9. The molecule has 0 N–H and O–H groups in total. The fraction of sp³-hybridized carbons (Fsp3) is 0.727. The van der Waals surface area contributed by atoms with Gasteiger partial charge in [-0.15, -0.1) is 0 Å². The standard InChI is InChI=1S/C22H37N4O2PS/c1-24(19-12-6-4-7-13-19)29(30,25(2)20-14-8-5-9-15-20)23-21-16-10-11-17-26(21)18-22(27)28-3/h10-11,16-17,19-20H,4-9,12-15,18H2,1-3H3/b23-21+. The van der Waals surface area contributed by atoms with Gasteiger partial charge in [0, 0.05) is 18.3 Å². The Morgan fingerprint density at radius 1 is 1.07 bits per heavy atom. The minimum Gasteiger partial charge on any atom is -0.468 e. The Morgan fingerprint density at radius 2 is 1.60 bits per heavy atom. The third-order valence-electron chi connectivity index (χ3n) is 6.70. The van der Waals surface area contributed by atoms with E-state index in [1.807, 2.05) is 29.0 Å². The molecular weight excluding hydrogens is 415 g/mol. The van der Waals surface area contributed by atoms with Gasteiger partial charge in [0.15, 0.2) is 6.49 Å². The van der Waals surface area contributed by atoms with Crippen molar-refractivity contribution in [3.8, 4) is 0 Å². The first-order valence-corrected chi connectivity index (χ1v) is 14.0. The van der Waals surface area contributed by atoms with E-state index in [1.54, 1.807) is 0 Å². The highest BCUT2D eigenvalue weighted by Crippen LogP contribution is 2.57. The molecule has 0 radical (unpaired) electrons. The Morgan fingerprint density at radius 3 is 2.10 bits per heavy atom. The number of carbonyl (C=O) groups is 1. The monoisotopic (exact) mass is 452 g/mol. The SMILES string of the molecule is COC(=O)Cn1cccc/c1=N\P(=S)(N(C)C1CCCCC1)N(C)C1CCCCC1. The molecule has 3 rings (SSSR count). The van der Waals surface area contributed by atoms with Crippen LogP contribution in [-0.4, -0.2) is 53.2 Å². The number of pyridine rings is 1. The molecule has 1 aromatic rings. The molecule has 2 aliphatic carbocycles. The summed E-state index contributed by atoms with van der Waals surface area (Å²) >= 11 is 6.46. The van der Waals surface area contributed by atoms with E-state index in [2.05, 4.69) is 23.4 Å². The molecule has 0 bridgehead atoms. The van der Waals surface area contributed by atoms with Crippen LogP contribution in [0.25, 0.3) is 0 Å². The van der Waals surface area contributed by atoms with Crippen LogP contribution >= 0.6 is 6.49 Å². The van der Waals surface area contributed by atoms with Crippen molar-refractivity contribution in [1.29, 1.82) is 0 Å². The molecule has 0 spiro atoms. The van der Waals surface area contributed by atoms with Crippen molar-refractivity contribution < 1.29 is 9.53 Å². The van der Waals surface area contributed by atoms with Crippen LogP contribution in [0.4, 0.5) is 0 Å². The molecule has 8 heteroatoms. The topological polar surface area (TPSA) is 50.1 Å². The predicted octanol–water partition coefficient (Wildman–Crippen LogP) is 4.32. The zero-order valence-electron chi connectivity index (χ0n) is 18.7. The molecule has 2 aliphatic rings. The number of aromatic nitrogens is 1. The van der Waals surface area contributed by atoms with E-state index in [0.29, 0.717) is 12.1 Å². The summed E-state index contributed by atoms with van der Waals surface area (Å²) in [6.45, 7) is -2.24. The van der Waals surface area contributed by atoms with E-state index in [0.717, 1.165) is 5.49 Å². The fourth-order valence-electron chi connectivity index (χ4n) is 4.73. The zero-order chi connectivity index (χ0) is 21.6. The van der Waals surface area contributed by atoms with Crippen LogP contribution in [0.2, 0.25) is 0 Å². The molecule has 0 amide bonds. The van der Waals surface area contributed by atoms with Crippen LogP contribution in [0.5, 0.6) is 0 Å². The lowest BCUT2D eigenvalue weighted by molar-refractivity contribution is -0.141. The Labute approximate surface area is 186 Å². The van der Waals surface area contributed by atoms with Gasteiger partial charge in [0.25, 0.3) is 0 Å². The molecule has 1 heterocycles. The van der Waals surface area contributed by atoms with Crippen molar-refractivity contribution in [2.24, 2.45) is 4.76 Å². The maximum absolute atomic E-state index is 11.9. The van der Waals surface area contributed by atoms with Gasteiger partial charge in [0.05, 0.1) is 7.11 Å². The third-order valence-corrected chi connectivity index (χ3v) is 11.3. The molecule has 1 aromatic heterocycles. The van der Waals surface area contributed by atoms with Crippen molar-refractivity contribution in [2.75, 3.05) is 21.2 Å². The minimum atomic E-state index is -2.39. The summed E-state index contributed by atoms with van der Waals surface area (Å²) in [5.41, 5.74) is 0.761. The van der Waals surface area contributed by atoms with Gasteiger partial charge in [0.2, 0.25) is 0 Å². The van der Waals surface area contributed by atoms with Gasteiger partial charge < -0.3 is 9.30 Å². The van der Waals surface area contributed by atoms with Crippen LogP contribution in [0.3, 0.4) is 0 Å². The van der Waals surface area contributed by atoms with Crippen LogP contribution in [0.1, 0.15) is 64.2 Å². The van der Waals surface area contributed by atoms with Gasteiger partial charge >= 0.3 is 5.97 Å². The van der Waals surface area contributed by atoms with Crippen LogP contribution in [0.15, 0.2) is 29.2 Å². The first-order valence-electron chi connectivity index (χ1n) is 11.3. The van der Waals surface area contributed by atoms with Crippen molar-refractivity contribution >= 4 is 24.3 Å². The van der Waals surface area contributed by atoms with E-state index in [9.17, 15) is 4.79 Å². The minimum absolute atomic E-state index is 0.145. The summed E-state index contributed by atoms with van der Waals surface area (Å²) in [6, 6.07) is 6.82. The molecule has 0 aliphatic heterocycles. The van der Waals surface area contributed by atoms with Crippen LogP contribution in [0, 0.1) is 0 Å². The summed E-state index contributed by atoms with van der Waals surface area (Å²) in [7, 11) is 5.79. The smallest absolute Gasteiger partial charge is 0.325 e. The van der Waals surface area contributed by atoms with Crippen molar-refractivity contribution in [3.05, 3.63) is 29.9 Å². The number of ether oxygens (including phenoxy) is 1. The summed E-state index contributed by atoms with van der Waals surface area (Å²) in [6.07, 6.45) is 14.4. The maximum atomic E-state index is 11.9. The second kappa shape index (κ2) is 11.0. The second-order valence-electron chi connectivity index (χ2n) is 8.61. The number of nitrogens with zero attached hydrogens (tertiary/aromatic N) is 4. The molecule has 0 unspecified atom stereocenters. The summed E-state index contributed by atoms with van der Waals surface area (Å²) in [5, 5.41) is 0. The number of methoxy groups -OCH3 is 1. The molecule has 2 fully saturated rings. The maximum Gasteiger partial charge on any atom is 0.325 e. The zero-order valence-corrected chi connectivity index (χ0v) is 20.4. The lowest BCUT2D eigenvalue weighted by Gasteiger charge is -2.45. The van der Waals surface area contributed by atoms with Crippen LogP contribution < -0.4 is 5.49 Å². The Balaban J connectivity index is 2.02. The van der Waals surface area contributed by atoms with Crippen molar-refractivity contribution in [1.82, 2.24) is 13.9 Å². The average Bonchev–Trinajstić information content (AvgIpc) is 2.80. The van der Waals surface area contributed by atoms with Gasteiger partial charge in [-0.2, -0.15) is 0 Å². The van der Waals surface area contributed by atoms with E-state index in [-0.39, 0.29) is 12.5 Å². The first-order chi connectivity index (χ1) is 14.5.